The first-order chi connectivity index (χ1) is 8.20. The van der Waals surface area contributed by atoms with Gasteiger partial charge in [0.1, 0.15) is 0 Å². The minimum atomic E-state index is -0.316. The lowest BCUT2D eigenvalue weighted by molar-refractivity contribution is 0.0600. The Hall–Kier alpha value is -1.55. The van der Waals surface area contributed by atoms with Crippen molar-refractivity contribution in [1.82, 2.24) is 0 Å². The van der Waals surface area contributed by atoms with Gasteiger partial charge in [0, 0.05) is 18.8 Å². The van der Waals surface area contributed by atoms with E-state index in [4.69, 9.17) is 4.74 Å². The van der Waals surface area contributed by atoms with Gasteiger partial charge in [-0.05, 0) is 31.0 Å². The van der Waals surface area contributed by atoms with Crippen LogP contribution in [0.25, 0.3) is 0 Å². The number of rotatable bonds is 2. The van der Waals surface area contributed by atoms with E-state index in [9.17, 15) is 9.90 Å². The maximum atomic E-state index is 11.4. The van der Waals surface area contributed by atoms with Crippen LogP contribution in [-0.2, 0) is 4.74 Å². The minimum Gasteiger partial charge on any atom is -0.465 e. The van der Waals surface area contributed by atoms with Gasteiger partial charge >= 0.3 is 5.97 Å². The molecular formula is C13H17NO3. The Morgan fingerprint density at radius 2 is 2.12 bits per heavy atom. The maximum Gasteiger partial charge on any atom is 0.337 e. The van der Waals surface area contributed by atoms with Crippen molar-refractivity contribution < 1.29 is 14.6 Å². The van der Waals surface area contributed by atoms with Crippen molar-refractivity contribution in [1.29, 1.82) is 0 Å². The zero-order chi connectivity index (χ0) is 12.3. The van der Waals surface area contributed by atoms with Crippen LogP contribution in [0.4, 0.5) is 5.69 Å². The third kappa shape index (κ3) is 2.77. The fourth-order valence-corrected chi connectivity index (χ4v) is 2.07. The van der Waals surface area contributed by atoms with Gasteiger partial charge in [-0.3, -0.25) is 0 Å². The molecule has 0 saturated carbocycles. The van der Waals surface area contributed by atoms with E-state index in [1.54, 1.807) is 6.07 Å². The molecule has 1 saturated heterocycles. The fraction of sp³-hybridized carbons (Fsp3) is 0.462. The molecule has 4 heteroatoms. The van der Waals surface area contributed by atoms with Crippen LogP contribution < -0.4 is 4.90 Å². The summed E-state index contributed by atoms with van der Waals surface area (Å²) in [7, 11) is 1.38. The molecule has 2 rings (SSSR count). The van der Waals surface area contributed by atoms with Gasteiger partial charge in [0.05, 0.1) is 18.8 Å². The van der Waals surface area contributed by atoms with E-state index in [1.807, 2.05) is 18.2 Å². The minimum absolute atomic E-state index is 0.185. The van der Waals surface area contributed by atoms with Crippen molar-refractivity contribution in [2.75, 3.05) is 25.1 Å². The molecule has 0 bridgehead atoms. The Morgan fingerprint density at radius 3 is 2.76 bits per heavy atom. The topological polar surface area (TPSA) is 49.8 Å². The van der Waals surface area contributed by atoms with E-state index < -0.39 is 0 Å². The number of esters is 1. The average molecular weight is 235 g/mol. The number of aliphatic hydroxyl groups is 1. The highest BCUT2D eigenvalue weighted by Gasteiger charge is 2.18. The Balaban J connectivity index is 2.13. The number of carbonyl (C=O) groups is 1. The second-order valence-electron chi connectivity index (χ2n) is 4.26. The van der Waals surface area contributed by atoms with E-state index in [1.165, 1.54) is 7.11 Å². The third-order valence-corrected chi connectivity index (χ3v) is 3.10. The average Bonchev–Trinajstić information content (AvgIpc) is 2.39. The second kappa shape index (κ2) is 5.19. The Labute approximate surface area is 101 Å². The number of nitrogens with zero attached hydrogens (tertiary/aromatic N) is 1. The Bertz CT molecular complexity index is 397. The largest absolute Gasteiger partial charge is 0.465 e. The molecule has 0 aromatic heterocycles. The molecule has 1 aromatic carbocycles. The molecule has 1 aromatic rings. The summed E-state index contributed by atoms with van der Waals surface area (Å²) in [5.74, 6) is -0.316. The number of carbonyl (C=O) groups excluding carboxylic acids is 1. The molecule has 1 aliphatic heterocycles. The summed E-state index contributed by atoms with van der Waals surface area (Å²) in [6.07, 6.45) is 1.38. The van der Waals surface area contributed by atoms with Crippen LogP contribution in [-0.4, -0.2) is 37.4 Å². The number of piperidine rings is 1. The van der Waals surface area contributed by atoms with E-state index >= 15 is 0 Å². The number of aliphatic hydroxyl groups excluding tert-OH is 1. The molecular weight excluding hydrogens is 218 g/mol. The molecule has 0 amide bonds. The van der Waals surface area contributed by atoms with Gasteiger partial charge in [-0.25, -0.2) is 4.79 Å². The van der Waals surface area contributed by atoms with Crippen LogP contribution in [0.1, 0.15) is 23.2 Å². The molecule has 1 N–H and O–H groups in total. The molecule has 0 radical (unpaired) electrons. The van der Waals surface area contributed by atoms with E-state index in [-0.39, 0.29) is 12.1 Å². The molecule has 0 atom stereocenters. The maximum absolute atomic E-state index is 11.4. The van der Waals surface area contributed by atoms with Crippen molar-refractivity contribution in [3.05, 3.63) is 29.8 Å². The highest BCUT2D eigenvalue weighted by atomic mass is 16.5. The lowest BCUT2D eigenvalue weighted by atomic mass is 10.1. The first-order valence-corrected chi connectivity index (χ1v) is 5.82. The lowest BCUT2D eigenvalue weighted by Crippen LogP contribution is -2.35. The number of anilines is 1. The summed E-state index contributed by atoms with van der Waals surface area (Å²) in [5, 5.41) is 9.45. The van der Waals surface area contributed by atoms with Gasteiger partial charge < -0.3 is 14.7 Å². The molecule has 17 heavy (non-hydrogen) atoms. The van der Waals surface area contributed by atoms with Gasteiger partial charge in [0.2, 0.25) is 0 Å². The van der Waals surface area contributed by atoms with Crippen molar-refractivity contribution >= 4 is 11.7 Å². The summed E-state index contributed by atoms with van der Waals surface area (Å²) in [5.41, 5.74) is 1.58. The number of ether oxygens (including phenoxy) is 1. The molecule has 4 nitrogen and oxygen atoms in total. The van der Waals surface area contributed by atoms with Crippen LogP contribution in [0.2, 0.25) is 0 Å². The summed E-state index contributed by atoms with van der Waals surface area (Å²) in [6, 6.07) is 7.41. The Morgan fingerprint density at radius 1 is 1.41 bits per heavy atom. The highest BCUT2D eigenvalue weighted by molar-refractivity contribution is 5.90. The summed E-state index contributed by atoms with van der Waals surface area (Å²) in [6.45, 7) is 1.65. The van der Waals surface area contributed by atoms with Gasteiger partial charge in [-0.15, -0.1) is 0 Å². The van der Waals surface area contributed by atoms with Crippen LogP contribution in [0.5, 0.6) is 0 Å². The zero-order valence-electron chi connectivity index (χ0n) is 9.93. The van der Waals surface area contributed by atoms with Gasteiger partial charge in [-0.2, -0.15) is 0 Å². The van der Waals surface area contributed by atoms with Crippen LogP contribution in [0, 0.1) is 0 Å². The van der Waals surface area contributed by atoms with Crippen molar-refractivity contribution in [3.63, 3.8) is 0 Å². The lowest BCUT2D eigenvalue weighted by Gasteiger charge is -2.31. The monoisotopic (exact) mass is 235 g/mol. The number of hydrogen-bond donors (Lipinski definition) is 1. The first kappa shape index (κ1) is 11.9. The third-order valence-electron chi connectivity index (χ3n) is 3.10. The van der Waals surface area contributed by atoms with Gasteiger partial charge in [0.15, 0.2) is 0 Å². The molecule has 1 heterocycles. The highest BCUT2D eigenvalue weighted by Crippen LogP contribution is 2.21. The van der Waals surface area contributed by atoms with E-state index in [0.717, 1.165) is 31.6 Å². The summed E-state index contributed by atoms with van der Waals surface area (Å²) < 4.78 is 4.70. The fourth-order valence-electron chi connectivity index (χ4n) is 2.07. The van der Waals surface area contributed by atoms with Crippen LogP contribution in [0.3, 0.4) is 0 Å². The smallest absolute Gasteiger partial charge is 0.337 e. The normalized spacial score (nSPS) is 16.9. The number of benzene rings is 1. The SMILES string of the molecule is COC(=O)c1cccc(N2CCC(O)CC2)c1. The van der Waals surface area contributed by atoms with Crippen LogP contribution >= 0.6 is 0 Å². The summed E-state index contributed by atoms with van der Waals surface area (Å²) >= 11 is 0. The molecule has 1 fully saturated rings. The predicted octanol–water partition coefficient (Wildman–Crippen LogP) is 1.43. The van der Waals surface area contributed by atoms with Crippen molar-refractivity contribution in [3.8, 4) is 0 Å². The quantitative estimate of drug-likeness (QED) is 0.788. The van der Waals surface area contributed by atoms with E-state index in [2.05, 4.69) is 4.90 Å². The molecule has 0 spiro atoms. The standard InChI is InChI=1S/C13H17NO3/c1-17-13(16)10-3-2-4-11(9-10)14-7-5-12(15)6-8-14/h2-4,9,12,15H,5-8H2,1H3. The summed E-state index contributed by atoms with van der Waals surface area (Å²) in [4.78, 5) is 13.6. The van der Waals surface area contributed by atoms with Crippen molar-refractivity contribution in [2.24, 2.45) is 0 Å². The number of methoxy groups -OCH3 is 1. The molecule has 0 aliphatic carbocycles. The van der Waals surface area contributed by atoms with Gasteiger partial charge in [0.25, 0.3) is 0 Å². The first-order valence-electron chi connectivity index (χ1n) is 5.82. The molecule has 1 aliphatic rings. The zero-order valence-corrected chi connectivity index (χ0v) is 9.93. The predicted molar refractivity (Wildman–Crippen MR) is 65.2 cm³/mol. The molecule has 0 unspecified atom stereocenters. The second-order valence-corrected chi connectivity index (χ2v) is 4.26. The van der Waals surface area contributed by atoms with Gasteiger partial charge in [-0.1, -0.05) is 6.07 Å². The van der Waals surface area contributed by atoms with Crippen molar-refractivity contribution in [2.45, 2.75) is 18.9 Å². The Kier molecular flexibility index (Phi) is 3.64. The number of hydrogen-bond acceptors (Lipinski definition) is 4. The molecule has 92 valence electrons. The van der Waals surface area contributed by atoms with Crippen LogP contribution in [0.15, 0.2) is 24.3 Å². The van der Waals surface area contributed by atoms with E-state index in [0.29, 0.717) is 5.56 Å².